The van der Waals surface area contributed by atoms with Crippen molar-refractivity contribution in [3.8, 4) is 17.2 Å². The first-order valence-electron chi connectivity index (χ1n) is 14.5. The van der Waals surface area contributed by atoms with Crippen molar-refractivity contribution in [1.82, 2.24) is 4.57 Å². The third-order valence-electron chi connectivity index (χ3n) is 8.19. The molecule has 0 saturated carbocycles. The number of hydrogen-bond acceptors (Lipinski definition) is 6. The molecule has 1 unspecified atom stereocenters. The molecule has 0 spiro atoms. The third kappa shape index (κ3) is 5.41. The molecule has 7 rings (SSSR count). The second-order valence-electron chi connectivity index (χ2n) is 10.8. The molecule has 5 aromatic rings. The molecule has 0 fully saturated rings. The van der Waals surface area contributed by atoms with Crippen molar-refractivity contribution in [3.63, 3.8) is 0 Å². The van der Waals surface area contributed by atoms with E-state index in [4.69, 9.17) is 30.8 Å². The maximum absolute atomic E-state index is 14.3. The van der Waals surface area contributed by atoms with Crippen LogP contribution in [0.4, 0.5) is 0 Å². The van der Waals surface area contributed by atoms with Crippen LogP contribution in [0.1, 0.15) is 40.3 Å². The Hall–Kier alpha value is -4.11. The van der Waals surface area contributed by atoms with Gasteiger partial charge in [-0.1, -0.05) is 83.6 Å². The summed E-state index contributed by atoms with van der Waals surface area (Å²) in [5.41, 5.74) is 6.97. The van der Waals surface area contributed by atoms with E-state index < -0.39 is 0 Å². The van der Waals surface area contributed by atoms with Crippen LogP contribution in [0.25, 0.3) is 11.8 Å². The number of rotatable bonds is 7. The van der Waals surface area contributed by atoms with Crippen LogP contribution in [0, 0.1) is 0 Å². The van der Waals surface area contributed by atoms with E-state index >= 15 is 0 Å². The summed E-state index contributed by atoms with van der Waals surface area (Å²) in [5, 5.41) is 0.635. The van der Waals surface area contributed by atoms with Crippen LogP contribution in [0.3, 0.4) is 0 Å². The molecule has 2 aliphatic rings. The van der Waals surface area contributed by atoms with E-state index in [1.165, 1.54) is 16.9 Å². The van der Waals surface area contributed by atoms with Gasteiger partial charge in [-0.3, -0.25) is 9.36 Å². The normalized spacial score (nSPS) is 15.6. The number of halogens is 2. The van der Waals surface area contributed by atoms with E-state index in [0.29, 0.717) is 30.3 Å². The summed E-state index contributed by atoms with van der Waals surface area (Å²) in [4.78, 5) is 20.0. The van der Waals surface area contributed by atoms with Crippen LogP contribution < -0.4 is 29.1 Å². The molecule has 1 aromatic heterocycles. The summed E-state index contributed by atoms with van der Waals surface area (Å²) in [7, 11) is 3.26. The minimum atomic E-state index is -0.329. The number of hydrogen-bond donors (Lipinski definition) is 0. The Morgan fingerprint density at radius 2 is 1.73 bits per heavy atom. The highest BCUT2D eigenvalue weighted by Crippen LogP contribution is 2.43. The maximum Gasteiger partial charge on any atom is 0.271 e. The molecule has 1 atom stereocenters. The van der Waals surface area contributed by atoms with Crippen molar-refractivity contribution in [1.29, 1.82) is 0 Å². The predicted octanol–water partition coefficient (Wildman–Crippen LogP) is 7.33. The molecule has 6 nitrogen and oxygen atoms in total. The van der Waals surface area contributed by atoms with Crippen LogP contribution in [0.5, 0.6) is 17.2 Å². The fraction of sp³-hybridized carbons (Fsp3) is 0.167. The lowest BCUT2D eigenvalue weighted by molar-refractivity contribution is 0.282. The van der Waals surface area contributed by atoms with Crippen molar-refractivity contribution in [2.45, 2.75) is 25.5 Å². The number of benzene rings is 4. The maximum atomic E-state index is 14.3. The van der Waals surface area contributed by atoms with E-state index in [2.05, 4.69) is 34.1 Å². The van der Waals surface area contributed by atoms with Crippen LogP contribution in [0.15, 0.2) is 105 Å². The van der Waals surface area contributed by atoms with Crippen molar-refractivity contribution in [2.75, 3.05) is 14.2 Å². The molecule has 0 radical (unpaired) electrons. The number of allylic oxidation sites excluding steroid dienone is 1. The van der Waals surface area contributed by atoms with Gasteiger partial charge in [0, 0.05) is 21.7 Å². The fourth-order valence-electron chi connectivity index (χ4n) is 6.07. The number of nitrogens with zero attached hydrogens (tertiary/aromatic N) is 2. The molecule has 2 heterocycles. The van der Waals surface area contributed by atoms with Gasteiger partial charge in [-0.05, 0) is 75.8 Å². The Morgan fingerprint density at radius 1 is 0.978 bits per heavy atom. The standard InChI is InChI=1S/C36H28BrClN2O4S/c1-42-29-14-8-6-12-25(29)33-26-16-15-22-9-3-5-11-24(22)32(26)39-36-40(33)35(41)31(45-36)19-21-17-27(37)34(30(18-21)43-2)44-20-23-10-4-7-13-28(23)38/h3-14,17-19,33H,15-16,20H2,1-2H3. The first-order valence-corrected chi connectivity index (χ1v) is 16.5. The number of aryl methyl sites for hydroxylation is 1. The van der Waals surface area contributed by atoms with Gasteiger partial charge in [0.05, 0.1) is 35.0 Å². The second-order valence-corrected chi connectivity index (χ2v) is 13.0. The highest BCUT2D eigenvalue weighted by atomic mass is 79.9. The molecular formula is C36H28BrClN2O4S. The van der Waals surface area contributed by atoms with Gasteiger partial charge in [0.1, 0.15) is 12.4 Å². The Labute approximate surface area is 277 Å². The number of thiazole rings is 1. The average molecular weight is 700 g/mol. The lowest BCUT2D eigenvalue weighted by Gasteiger charge is -2.31. The Bertz CT molecular complexity index is 2170. The van der Waals surface area contributed by atoms with Crippen molar-refractivity contribution in [3.05, 3.63) is 148 Å². The molecule has 0 saturated heterocycles. The van der Waals surface area contributed by atoms with Gasteiger partial charge < -0.3 is 14.2 Å². The molecule has 9 heteroatoms. The number of ether oxygens (including phenoxy) is 3. The largest absolute Gasteiger partial charge is 0.496 e. The van der Waals surface area contributed by atoms with Crippen LogP contribution in [-0.2, 0) is 13.0 Å². The summed E-state index contributed by atoms with van der Waals surface area (Å²) in [5.74, 6) is 1.83. The zero-order chi connectivity index (χ0) is 31.1. The zero-order valence-electron chi connectivity index (χ0n) is 24.6. The molecule has 1 aliphatic carbocycles. The van der Waals surface area contributed by atoms with Crippen LogP contribution in [0.2, 0.25) is 5.02 Å². The van der Waals surface area contributed by atoms with Crippen LogP contribution in [-0.4, -0.2) is 18.8 Å². The molecule has 0 N–H and O–H groups in total. The second kappa shape index (κ2) is 12.4. The molecule has 4 aromatic carbocycles. The lowest BCUT2D eigenvalue weighted by Crippen LogP contribution is -2.39. The minimum Gasteiger partial charge on any atom is -0.496 e. The molecule has 1 aliphatic heterocycles. The van der Waals surface area contributed by atoms with Gasteiger partial charge in [0.15, 0.2) is 16.3 Å². The summed E-state index contributed by atoms with van der Waals surface area (Å²) in [6.45, 7) is 0.281. The van der Waals surface area contributed by atoms with Gasteiger partial charge >= 0.3 is 0 Å². The predicted molar refractivity (Wildman–Crippen MR) is 182 cm³/mol. The number of aromatic nitrogens is 1. The summed E-state index contributed by atoms with van der Waals surface area (Å²) < 4.78 is 20.7. The fourth-order valence-corrected chi connectivity index (χ4v) is 7.84. The van der Waals surface area contributed by atoms with E-state index in [-0.39, 0.29) is 18.2 Å². The molecular weight excluding hydrogens is 672 g/mol. The van der Waals surface area contributed by atoms with Crippen molar-refractivity contribution in [2.24, 2.45) is 4.99 Å². The van der Waals surface area contributed by atoms with Gasteiger partial charge in [0.25, 0.3) is 5.56 Å². The summed E-state index contributed by atoms with van der Waals surface area (Å²) >= 11 is 11.4. The monoisotopic (exact) mass is 698 g/mol. The Balaban J connectivity index is 1.35. The van der Waals surface area contributed by atoms with Crippen LogP contribution >= 0.6 is 38.9 Å². The van der Waals surface area contributed by atoms with Gasteiger partial charge in [-0.15, -0.1) is 0 Å². The van der Waals surface area contributed by atoms with Gasteiger partial charge in [0.2, 0.25) is 0 Å². The Kier molecular flexibility index (Phi) is 8.12. The number of para-hydroxylation sites is 1. The van der Waals surface area contributed by atoms with E-state index in [1.807, 2.05) is 77.4 Å². The molecule has 0 bridgehead atoms. The number of methoxy groups -OCH3 is 2. The Morgan fingerprint density at radius 3 is 2.56 bits per heavy atom. The first-order chi connectivity index (χ1) is 22.0. The smallest absolute Gasteiger partial charge is 0.271 e. The summed E-state index contributed by atoms with van der Waals surface area (Å²) in [6, 6.07) is 27.3. The molecule has 0 amide bonds. The van der Waals surface area contributed by atoms with Crippen molar-refractivity contribution >= 4 is 50.6 Å². The average Bonchev–Trinajstić information content (AvgIpc) is 3.37. The van der Waals surface area contributed by atoms with Gasteiger partial charge in [-0.25, -0.2) is 4.99 Å². The van der Waals surface area contributed by atoms with Gasteiger partial charge in [-0.2, -0.15) is 0 Å². The highest BCUT2D eigenvalue weighted by Gasteiger charge is 2.34. The summed E-state index contributed by atoms with van der Waals surface area (Å²) in [6.07, 6.45) is 3.58. The highest BCUT2D eigenvalue weighted by molar-refractivity contribution is 9.10. The number of fused-ring (bicyclic) bond motifs is 3. The quantitative estimate of drug-likeness (QED) is 0.179. The zero-order valence-corrected chi connectivity index (χ0v) is 27.7. The minimum absolute atomic E-state index is 0.103. The SMILES string of the molecule is COc1ccccc1C1C2=C(N=c3sc(=Cc4cc(Br)c(OCc5ccccc5Cl)c(OC)c4)c(=O)n31)c1ccccc1CC2. The lowest BCUT2D eigenvalue weighted by atomic mass is 9.83. The molecule has 45 heavy (non-hydrogen) atoms. The van der Waals surface area contributed by atoms with E-state index in [9.17, 15) is 4.79 Å². The third-order valence-corrected chi connectivity index (χ3v) is 10.1. The van der Waals surface area contributed by atoms with E-state index in [1.54, 1.807) is 14.2 Å². The molecule has 226 valence electrons. The van der Waals surface area contributed by atoms with E-state index in [0.717, 1.165) is 52.1 Å². The topological polar surface area (TPSA) is 62.0 Å². The first kappa shape index (κ1) is 29.6. The van der Waals surface area contributed by atoms with Crippen molar-refractivity contribution < 1.29 is 14.2 Å².